The van der Waals surface area contributed by atoms with Crippen LogP contribution < -0.4 is 0 Å². The van der Waals surface area contributed by atoms with Gasteiger partial charge in [0.25, 0.3) is 0 Å². The second kappa shape index (κ2) is 15.0. The summed E-state index contributed by atoms with van der Waals surface area (Å²) in [5.41, 5.74) is 15.0. The Labute approximate surface area is 399 Å². The van der Waals surface area contributed by atoms with Gasteiger partial charge in [0.05, 0.1) is 11.0 Å². The Morgan fingerprint density at radius 3 is 1.69 bits per heavy atom. The number of fused-ring (bicyclic) bond motifs is 12. The summed E-state index contributed by atoms with van der Waals surface area (Å²) in [6.07, 6.45) is 0. The van der Waals surface area contributed by atoms with E-state index in [4.69, 9.17) is 28.2 Å². The molecule has 7 nitrogen and oxygen atoms in total. The fraction of sp³-hybridized carbons (Fsp3) is 0. The predicted octanol–water partition coefficient (Wildman–Crippen LogP) is 17.0. The van der Waals surface area contributed by atoms with Crippen LogP contribution in [0.5, 0.6) is 0 Å². The first-order chi connectivity index (χ1) is 34.7. The maximum absolute atomic E-state index is 6.88. The number of hydrogen-bond donors (Lipinski definition) is 0. The molecule has 5 heterocycles. The molecule has 10 aromatic carbocycles. The van der Waals surface area contributed by atoms with Gasteiger partial charge in [-0.3, -0.25) is 0 Å². The molecule has 0 atom stereocenters. The van der Waals surface area contributed by atoms with Crippen molar-refractivity contribution in [2.75, 3.05) is 0 Å². The van der Waals surface area contributed by atoms with Crippen LogP contribution in [0.15, 0.2) is 232 Å². The molecule has 0 unspecified atom stereocenters. The van der Waals surface area contributed by atoms with Crippen LogP contribution in [0.2, 0.25) is 0 Å². The summed E-state index contributed by atoms with van der Waals surface area (Å²) in [5.74, 6) is 1.67. The van der Waals surface area contributed by atoms with E-state index in [1.165, 1.54) is 21.8 Å². The van der Waals surface area contributed by atoms with Crippen LogP contribution in [-0.2, 0) is 0 Å². The van der Waals surface area contributed by atoms with Crippen molar-refractivity contribution in [3.63, 3.8) is 0 Å². The third-order valence-corrected chi connectivity index (χ3v) is 13.9. The molecular formula is C63H36N4O3. The largest absolute Gasteiger partial charge is 0.456 e. The Morgan fingerprint density at radius 1 is 0.286 bits per heavy atom. The van der Waals surface area contributed by atoms with Gasteiger partial charge < -0.3 is 17.8 Å². The SMILES string of the molecule is c1ccc(-c2nc(-c3ccc4c(c3)oc3ccccc34)nc(-c3cccc4oc5c(-c6cccc7c6oc6ccc(-c8ccc9c(c8)c8ccccc8n9-c8ccccc8)cc67)cccc5c34)n2)cc1. The Morgan fingerprint density at radius 2 is 0.843 bits per heavy atom. The summed E-state index contributed by atoms with van der Waals surface area (Å²) in [5, 5.41) is 8.53. The summed E-state index contributed by atoms with van der Waals surface area (Å²) in [6.45, 7) is 0. The zero-order chi connectivity index (χ0) is 45.9. The van der Waals surface area contributed by atoms with Gasteiger partial charge in [-0.1, -0.05) is 152 Å². The topological polar surface area (TPSA) is 83.0 Å². The van der Waals surface area contributed by atoms with Crippen molar-refractivity contribution in [1.82, 2.24) is 19.5 Å². The second-order valence-electron chi connectivity index (χ2n) is 17.9. The van der Waals surface area contributed by atoms with Crippen LogP contribution in [0.4, 0.5) is 0 Å². The van der Waals surface area contributed by atoms with E-state index in [1.54, 1.807) is 0 Å². The zero-order valence-electron chi connectivity index (χ0n) is 37.3. The highest BCUT2D eigenvalue weighted by Gasteiger charge is 2.22. The van der Waals surface area contributed by atoms with E-state index in [1.807, 2.05) is 66.7 Å². The highest BCUT2D eigenvalue weighted by molar-refractivity contribution is 6.18. The van der Waals surface area contributed by atoms with Crippen LogP contribution in [0, 0.1) is 0 Å². The lowest BCUT2D eigenvalue weighted by Gasteiger charge is -2.09. The maximum Gasteiger partial charge on any atom is 0.164 e. The van der Waals surface area contributed by atoms with E-state index in [0.717, 1.165) is 110 Å². The highest BCUT2D eigenvalue weighted by atomic mass is 16.3. The van der Waals surface area contributed by atoms with E-state index >= 15 is 0 Å². The minimum absolute atomic E-state index is 0.545. The molecule has 0 bridgehead atoms. The summed E-state index contributed by atoms with van der Waals surface area (Å²) < 4.78 is 22.3. The highest BCUT2D eigenvalue weighted by Crippen LogP contribution is 2.45. The van der Waals surface area contributed by atoms with Gasteiger partial charge in [-0.2, -0.15) is 0 Å². The van der Waals surface area contributed by atoms with Crippen molar-refractivity contribution >= 4 is 87.6 Å². The van der Waals surface area contributed by atoms with Gasteiger partial charge in [-0.15, -0.1) is 0 Å². The molecule has 0 N–H and O–H groups in total. The van der Waals surface area contributed by atoms with Gasteiger partial charge in [-0.25, -0.2) is 15.0 Å². The Bertz CT molecular complexity index is 4600. The van der Waals surface area contributed by atoms with Crippen molar-refractivity contribution in [3.05, 3.63) is 218 Å². The molecule has 0 aliphatic rings. The van der Waals surface area contributed by atoms with Crippen LogP contribution in [0.1, 0.15) is 0 Å². The van der Waals surface area contributed by atoms with E-state index in [9.17, 15) is 0 Å². The van der Waals surface area contributed by atoms with Crippen molar-refractivity contribution in [2.24, 2.45) is 0 Å². The quantitative estimate of drug-likeness (QED) is 0.165. The Hall–Kier alpha value is -9.59. The molecule has 0 aliphatic heterocycles. The standard InChI is InChI=1S/C63H36N4O3/c1-3-14-37(15-4-1)61-64-62(40-28-31-44-43-19-8-10-26-54(43)68-57(44)36-40)66-63(65-61)49-24-13-27-56-58(49)48-23-12-21-46(60(48)70-56)45-20-11-22-47-51-35-39(30-33-55(51)69-59(45)47)38-29-32-53-50(34-38)42-18-7-9-25-52(42)67(53)41-16-5-2-6-17-41/h1-36H. The number of benzene rings is 10. The summed E-state index contributed by atoms with van der Waals surface area (Å²) >= 11 is 0. The first kappa shape index (κ1) is 38.5. The minimum Gasteiger partial charge on any atom is -0.456 e. The van der Waals surface area contributed by atoms with E-state index in [0.29, 0.717) is 17.5 Å². The van der Waals surface area contributed by atoms with Crippen LogP contribution in [-0.4, -0.2) is 19.5 Å². The molecule has 0 spiro atoms. The van der Waals surface area contributed by atoms with Gasteiger partial charge in [0.2, 0.25) is 0 Å². The number of hydrogen-bond acceptors (Lipinski definition) is 6. The number of nitrogens with zero attached hydrogens (tertiary/aromatic N) is 4. The fourth-order valence-corrected chi connectivity index (χ4v) is 10.7. The number of aromatic nitrogens is 4. The Kier molecular flexibility index (Phi) is 8.23. The molecule has 15 rings (SSSR count). The van der Waals surface area contributed by atoms with Gasteiger partial charge in [0.1, 0.15) is 33.5 Å². The Balaban J connectivity index is 0.858. The molecule has 0 radical (unpaired) electrons. The smallest absolute Gasteiger partial charge is 0.164 e. The lowest BCUT2D eigenvalue weighted by atomic mass is 9.97. The molecule has 0 saturated carbocycles. The lowest BCUT2D eigenvalue weighted by molar-refractivity contribution is 0.665. The first-order valence-electron chi connectivity index (χ1n) is 23.4. The van der Waals surface area contributed by atoms with Gasteiger partial charge in [-0.05, 0) is 77.9 Å². The van der Waals surface area contributed by atoms with Crippen molar-refractivity contribution < 1.29 is 13.3 Å². The molecule has 326 valence electrons. The zero-order valence-corrected chi connectivity index (χ0v) is 37.3. The second-order valence-corrected chi connectivity index (χ2v) is 17.9. The van der Waals surface area contributed by atoms with Crippen LogP contribution >= 0.6 is 0 Å². The lowest BCUT2D eigenvalue weighted by Crippen LogP contribution is -2.00. The first-order valence-corrected chi connectivity index (χ1v) is 23.4. The van der Waals surface area contributed by atoms with Gasteiger partial charge in [0.15, 0.2) is 17.5 Å². The number of furan rings is 3. The average Bonchev–Trinajstić information content (AvgIpc) is 4.20. The third kappa shape index (κ3) is 5.85. The summed E-state index contributed by atoms with van der Waals surface area (Å²) in [4.78, 5) is 15.4. The van der Waals surface area contributed by atoms with Gasteiger partial charge >= 0.3 is 0 Å². The average molecular weight is 897 g/mol. The molecule has 5 aromatic heterocycles. The monoisotopic (exact) mass is 896 g/mol. The van der Waals surface area contributed by atoms with E-state index < -0.39 is 0 Å². The molecular weight excluding hydrogens is 861 g/mol. The molecule has 7 heteroatoms. The molecule has 0 amide bonds. The molecule has 0 fully saturated rings. The van der Waals surface area contributed by atoms with Crippen molar-refractivity contribution in [3.8, 4) is 62.1 Å². The summed E-state index contributed by atoms with van der Waals surface area (Å²) in [6, 6.07) is 75.6. The molecule has 0 aliphatic carbocycles. The fourth-order valence-electron chi connectivity index (χ4n) is 10.7. The minimum atomic E-state index is 0.545. The third-order valence-electron chi connectivity index (χ3n) is 13.9. The number of rotatable bonds is 6. The van der Waals surface area contributed by atoms with Crippen LogP contribution in [0.3, 0.4) is 0 Å². The molecule has 0 saturated heterocycles. The summed E-state index contributed by atoms with van der Waals surface area (Å²) in [7, 11) is 0. The van der Waals surface area contributed by atoms with Crippen molar-refractivity contribution in [1.29, 1.82) is 0 Å². The number of para-hydroxylation sites is 5. The maximum atomic E-state index is 6.88. The molecule has 70 heavy (non-hydrogen) atoms. The van der Waals surface area contributed by atoms with E-state index in [2.05, 4.69) is 156 Å². The normalized spacial score (nSPS) is 12.0. The van der Waals surface area contributed by atoms with Crippen molar-refractivity contribution in [2.45, 2.75) is 0 Å². The molecule has 15 aromatic rings. The predicted molar refractivity (Wildman–Crippen MR) is 283 cm³/mol. The van der Waals surface area contributed by atoms with E-state index in [-0.39, 0.29) is 0 Å². The van der Waals surface area contributed by atoms with Crippen LogP contribution in [0.25, 0.3) is 150 Å². The van der Waals surface area contributed by atoms with Gasteiger partial charge in [0, 0.05) is 76.6 Å².